The molecule has 27 aromatic rings. The Morgan fingerprint density at radius 2 is 0.343 bits per heavy atom. The molecule has 0 atom stereocenters. The summed E-state index contributed by atoms with van der Waals surface area (Å²) in [5.74, 6) is 0. The van der Waals surface area contributed by atoms with Crippen LogP contribution in [0.3, 0.4) is 0 Å². The molecule has 0 unspecified atom stereocenters. The van der Waals surface area contributed by atoms with Crippen LogP contribution < -0.4 is 0 Å². The highest BCUT2D eigenvalue weighted by Crippen LogP contribution is 2.57. The Morgan fingerprint density at radius 3 is 0.693 bits per heavy atom. The molecule has 0 amide bonds. The van der Waals surface area contributed by atoms with E-state index in [1.807, 2.05) is 0 Å². The molecule has 0 bridgehead atoms. The molecule has 0 spiro atoms. The summed E-state index contributed by atoms with van der Waals surface area (Å²) in [6.07, 6.45) is 0. The van der Waals surface area contributed by atoms with Crippen molar-refractivity contribution in [1.82, 2.24) is 0 Å². The van der Waals surface area contributed by atoms with Crippen molar-refractivity contribution in [1.29, 1.82) is 0 Å². The first kappa shape index (κ1) is 82.1. The van der Waals surface area contributed by atoms with Crippen LogP contribution in [0.15, 0.2) is 497 Å². The van der Waals surface area contributed by atoms with E-state index in [0.29, 0.717) is 0 Å². The van der Waals surface area contributed by atoms with Crippen LogP contribution in [0.5, 0.6) is 0 Å². The minimum atomic E-state index is -0.0427. The van der Waals surface area contributed by atoms with Gasteiger partial charge in [-0.15, -0.1) is 0 Å². The van der Waals surface area contributed by atoms with Gasteiger partial charge in [0.1, 0.15) is 0 Å². The summed E-state index contributed by atoms with van der Waals surface area (Å²) in [7, 11) is 0. The molecule has 0 heterocycles. The number of fused-ring (bicyclic) bond motifs is 26. The first-order valence-electron chi connectivity index (χ1n) is 49.2. The molecule has 0 saturated heterocycles. The van der Waals surface area contributed by atoms with E-state index in [-0.39, 0.29) is 10.8 Å². The van der Waals surface area contributed by atoms with Gasteiger partial charge in [0.2, 0.25) is 0 Å². The second kappa shape index (κ2) is 32.7. The lowest BCUT2D eigenvalue weighted by Crippen LogP contribution is -2.14. The summed E-state index contributed by atoms with van der Waals surface area (Å²) >= 11 is 0. The average molecular weight is 1780 g/mol. The highest BCUT2D eigenvalue weighted by atomic mass is 14.4. The van der Waals surface area contributed by atoms with E-state index >= 15 is 0 Å². The van der Waals surface area contributed by atoms with Crippen LogP contribution in [0, 0.1) is 0 Å². The van der Waals surface area contributed by atoms with Crippen LogP contribution in [0.2, 0.25) is 0 Å². The molecule has 140 heavy (non-hydrogen) atoms. The Balaban J connectivity index is 0.000000106. The first-order chi connectivity index (χ1) is 69.0. The Bertz CT molecular complexity index is 9560. The molecule has 0 aliphatic heterocycles. The van der Waals surface area contributed by atoms with Gasteiger partial charge in [0.25, 0.3) is 0 Å². The third kappa shape index (κ3) is 12.9. The first-order valence-corrected chi connectivity index (χ1v) is 49.2. The normalized spacial score (nSPS) is 12.8. The SMILES string of the molecule is CC1(C)c2ccccc2-c2ccc(-c3cc4cc(-c5ccc6c(c5)C(C)(C)c5ccccc5-6)c5ccccc5c4c4ccccc34)cc21.c1ccc(-c2c3ccccc3c(-c3cc4cc(-c5cccc6ccccc56)c5ccccc5c4c4ccccc34)c3ccccc23)cc1.c1ccc(-c2c3ccccc3c(-c3cc4cc(-c5ccccc5)c5ccccc5c4c4ccccc34)c3ccccc23)cc1. The van der Waals surface area contributed by atoms with Crippen LogP contribution >= 0.6 is 0 Å². The molecule has 27 aromatic carbocycles. The molecular weight excluding hydrogens is 1680 g/mol. The molecular formula is C140H94. The molecule has 2 aliphatic carbocycles. The van der Waals surface area contributed by atoms with E-state index in [0.717, 1.165) is 0 Å². The predicted octanol–water partition coefficient (Wildman–Crippen LogP) is 39.2. The van der Waals surface area contributed by atoms with Crippen molar-refractivity contribution in [2.45, 2.75) is 38.5 Å². The maximum Gasteiger partial charge on any atom is 0.0159 e. The lowest BCUT2D eigenvalue weighted by Gasteiger charge is -2.23. The molecule has 29 rings (SSSR count). The van der Waals surface area contributed by atoms with Gasteiger partial charge in [0.15, 0.2) is 0 Å². The van der Waals surface area contributed by atoms with E-state index < -0.39 is 0 Å². The van der Waals surface area contributed by atoms with E-state index in [4.69, 9.17) is 0 Å². The van der Waals surface area contributed by atoms with E-state index in [2.05, 4.69) is 525 Å². The summed E-state index contributed by atoms with van der Waals surface area (Å²) in [5, 5.41) is 36.0. The summed E-state index contributed by atoms with van der Waals surface area (Å²) in [4.78, 5) is 0. The average Bonchev–Trinajstić information content (AvgIpc) is 1.67. The van der Waals surface area contributed by atoms with E-state index in [1.165, 1.54) is 284 Å². The summed E-state index contributed by atoms with van der Waals surface area (Å²) in [6.45, 7) is 9.48. The van der Waals surface area contributed by atoms with Crippen molar-refractivity contribution in [2.75, 3.05) is 0 Å². The van der Waals surface area contributed by atoms with Crippen LogP contribution in [0.1, 0.15) is 49.9 Å². The Morgan fingerprint density at radius 1 is 0.114 bits per heavy atom. The zero-order chi connectivity index (χ0) is 93.0. The van der Waals surface area contributed by atoms with Crippen LogP contribution in [0.25, 0.3) is 262 Å². The number of benzene rings is 27. The van der Waals surface area contributed by atoms with Crippen molar-refractivity contribution in [3.63, 3.8) is 0 Å². The van der Waals surface area contributed by atoms with Gasteiger partial charge >= 0.3 is 0 Å². The minimum Gasteiger partial charge on any atom is -0.0622 e. The van der Waals surface area contributed by atoms with Gasteiger partial charge < -0.3 is 0 Å². The summed E-state index contributed by atoms with van der Waals surface area (Å²) in [5.41, 5.74) is 31.4. The van der Waals surface area contributed by atoms with Gasteiger partial charge in [-0.3, -0.25) is 0 Å². The lowest BCUT2D eigenvalue weighted by molar-refractivity contribution is 0.660. The Kier molecular flexibility index (Phi) is 19.2. The monoisotopic (exact) mass is 1770 g/mol. The topological polar surface area (TPSA) is 0 Å². The lowest BCUT2D eigenvalue weighted by atomic mass is 9.80. The number of hydrogen-bond acceptors (Lipinski definition) is 0. The maximum atomic E-state index is 2.47. The summed E-state index contributed by atoms with van der Waals surface area (Å²) in [6, 6.07) is 184. The van der Waals surface area contributed by atoms with Crippen LogP contribution in [-0.4, -0.2) is 0 Å². The van der Waals surface area contributed by atoms with Crippen molar-refractivity contribution in [3.8, 4) is 111 Å². The van der Waals surface area contributed by atoms with Gasteiger partial charge in [0, 0.05) is 10.8 Å². The van der Waals surface area contributed by atoms with Gasteiger partial charge in [-0.05, 0) is 333 Å². The molecule has 2 aliphatic rings. The zero-order valence-corrected chi connectivity index (χ0v) is 78.3. The molecule has 0 saturated carbocycles. The van der Waals surface area contributed by atoms with Gasteiger partial charge in [-0.1, -0.05) is 477 Å². The van der Waals surface area contributed by atoms with Crippen LogP contribution in [0.4, 0.5) is 0 Å². The molecule has 0 nitrogen and oxygen atoms in total. The smallest absolute Gasteiger partial charge is 0.0159 e. The van der Waals surface area contributed by atoms with Crippen molar-refractivity contribution < 1.29 is 0 Å². The highest BCUT2D eigenvalue weighted by Gasteiger charge is 2.38. The summed E-state index contributed by atoms with van der Waals surface area (Å²) < 4.78 is 0. The number of hydrogen-bond donors (Lipinski definition) is 0. The van der Waals surface area contributed by atoms with E-state index in [1.54, 1.807) is 0 Å². The molecule has 0 radical (unpaired) electrons. The van der Waals surface area contributed by atoms with Crippen LogP contribution in [-0.2, 0) is 10.8 Å². The molecule has 0 aromatic heterocycles. The fourth-order valence-corrected chi connectivity index (χ4v) is 24.8. The fourth-order valence-electron chi connectivity index (χ4n) is 24.8. The molecule has 0 N–H and O–H groups in total. The largest absolute Gasteiger partial charge is 0.0622 e. The second-order valence-corrected chi connectivity index (χ2v) is 39.3. The minimum absolute atomic E-state index is 0.0427. The fraction of sp³-hybridized carbons (Fsp3) is 0.0429. The standard InChI is InChI=1S/C48H36.C48H30.C44H28/c1-47(2)42-19-11-9-15-34(42)36-23-21-29(27-44(36)47)40-25-31-26-41(33-14-6-8-18-39(33)46(31)38-17-7-5-13-32(38)40)30-22-24-37-35-16-10-12-20-43(35)48(3,4)45(37)28-30;1-2-16-32(17-3-1)46-40-24-10-12-26-42(40)48(43-27-13-11-25-41(43)46)45-30-33-29-44(35-28-14-18-31-15-4-5-19-34(31)35)36-20-6-8-22-38(36)47(33)39-23-9-7-21-37(39)45;1-3-15-29(16-4-1)40-27-31-28-41(33-20-8-10-22-35(33)43(31)34-21-9-7-19-32(34)40)44-38-25-13-11-23-36(38)42(30-17-5-2-6-18-30)37-24-12-14-26-39(37)44/h5-28H,1-4H3;1-30H;1-28H. The van der Waals surface area contributed by atoms with E-state index in [9.17, 15) is 0 Å². The van der Waals surface area contributed by atoms with Gasteiger partial charge in [0.05, 0.1) is 0 Å². The predicted molar refractivity (Wildman–Crippen MR) is 603 cm³/mol. The van der Waals surface area contributed by atoms with Crippen molar-refractivity contribution in [2.24, 2.45) is 0 Å². The Hall–Kier alpha value is -17.4. The third-order valence-electron chi connectivity index (χ3n) is 31.1. The Labute approximate surface area is 814 Å². The molecule has 654 valence electrons. The highest BCUT2D eigenvalue weighted by molar-refractivity contribution is 6.33. The maximum absolute atomic E-state index is 2.47. The second-order valence-electron chi connectivity index (χ2n) is 39.3. The molecule has 0 heteroatoms. The number of rotatable bonds is 8. The zero-order valence-electron chi connectivity index (χ0n) is 78.3. The third-order valence-corrected chi connectivity index (χ3v) is 31.1. The van der Waals surface area contributed by atoms with Gasteiger partial charge in [-0.2, -0.15) is 0 Å². The van der Waals surface area contributed by atoms with Crippen molar-refractivity contribution >= 4 is 151 Å². The molecule has 0 fully saturated rings. The quantitative estimate of drug-likeness (QED) is 0.105. The van der Waals surface area contributed by atoms with Crippen molar-refractivity contribution in [3.05, 3.63) is 520 Å². The van der Waals surface area contributed by atoms with Gasteiger partial charge in [-0.25, -0.2) is 0 Å².